The van der Waals surface area contributed by atoms with E-state index >= 15 is 0 Å². The quantitative estimate of drug-likeness (QED) is 0.446. The molecule has 0 aliphatic carbocycles. The molecule has 0 radical (unpaired) electrons. The van der Waals surface area contributed by atoms with Crippen LogP contribution in [0.3, 0.4) is 0 Å². The van der Waals surface area contributed by atoms with E-state index in [0.29, 0.717) is 30.0 Å². The van der Waals surface area contributed by atoms with Crippen molar-refractivity contribution in [2.24, 2.45) is 0 Å². The third-order valence-electron chi connectivity index (χ3n) is 5.14. The Morgan fingerprint density at radius 3 is 2.13 bits per heavy atom. The molecule has 0 saturated carbocycles. The highest BCUT2D eigenvalue weighted by Crippen LogP contribution is 2.28. The summed E-state index contributed by atoms with van der Waals surface area (Å²) in [6.07, 6.45) is 0.469. The first-order valence-electron chi connectivity index (χ1n) is 10.1. The average Bonchev–Trinajstić information content (AvgIpc) is 2.82. The van der Waals surface area contributed by atoms with Crippen LogP contribution in [-0.2, 0) is 13.0 Å². The highest BCUT2D eigenvalue weighted by atomic mass is 16.5. The molecule has 0 N–H and O–H groups in total. The lowest BCUT2D eigenvalue weighted by Crippen LogP contribution is -2.27. The van der Waals surface area contributed by atoms with Gasteiger partial charge in [0.05, 0.1) is 26.5 Å². The van der Waals surface area contributed by atoms with Crippen LogP contribution in [0.25, 0.3) is 11.3 Å². The predicted molar refractivity (Wildman–Crippen MR) is 122 cm³/mol. The largest absolute Gasteiger partial charge is 0.493 e. The summed E-state index contributed by atoms with van der Waals surface area (Å²) in [5.41, 5.74) is 4.31. The summed E-state index contributed by atoms with van der Waals surface area (Å²) in [5.74, 6) is 1.30. The van der Waals surface area contributed by atoms with E-state index in [4.69, 9.17) is 9.47 Å². The molecule has 4 rings (SSSR count). The molecule has 0 aliphatic heterocycles. The van der Waals surface area contributed by atoms with E-state index in [-0.39, 0.29) is 5.56 Å². The second-order valence-electron chi connectivity index (χ2n) is 7.24. The van der Waals surface area contributed by atoms with Crippen LogP contribution in [0.15, 0.2) is 89.7 Å². The van der Waals surface area contributed by atoms with Crippen LogP contribution in [0.4, 0.5) is 0 Å². The SMILES string of the molecule is COc1ccc(Cc2cc(-c3ccccc3)nn(Cc3ccccc3)c2=O)cc1OC. The van der Waals surface area contributed by atoms with E-state index in [1.165, 1.54) is 0 Å². The summed E-state index contributed by atoms with van der Waals surface area (Å²) in [7, 11) is 3.21. The molecule has 5 nitrogen and oxygen atoms in total. The van der Waals surface area contributed by atoms with Crippen molar-refractivity contribution in [2.45, 2.75) is 13.0 Å². The van der Waals surface area contributed by atoms with Crippen molar-refractivity contribution in [1.82, 2.24) is 9.78 Å². The molecular weight excluding hydrogens is 388 g/mol. The van der Waals surface area contributed by atoms with Gasteiger partial charge in [0.15, 0.2) is 11.5 Å². The fourth-order valence-corrected chi connectivity index (χ4v) is 3.55. The van der Waals surface area contributed by atoms with Crippen LogP contribution < -0.4 is 15.0 Å². The predicted octanol–water partition coefficient (Wildman–Crippen LogP) is 4.57. The van der Waals surface area contributed by atoms with Crippen molar-refractivity contribution in [1.29, 1.82) is 0 Å². The smallest absolute Gasteiger partial charge is 0.270 e. The van der Waals surface area contributed by atoms with Gasteiger partial charge in [0.1, 0.15) is 0 Å². The first-order chi connectivity index (χ1) is 15.2. The maximum atomic E-state index is 13.3. The highest BCUT2D eigenvalue weighted by molar-refractivity contribution is 5.59. The van der Waals surface area contributed by atoms with E-state index in [1.54, 1.807) is 18.9 Å². The van der Waals surface area contributed by atoms with E-state index in [0.717, 1.165) is 22.4 Å². The summed E-state index contributed by atoms with van der Waals surface area (Å²) in [5, 5.41) is 4.66. The minimum atomic E-state index is -0.0988. The van der Waals surface area contributed by atoms with Crippen LogP contribution in [0.2, 0.25) is 0 Å². The van der Waals surface area contributed by atoms with E-state index in [2.05, 4.69) is 5.10 Å². The van der Waals surface area contributed by atoms with Crippen LogP contribution >= 0.6 is 0 Å². The summed E-state index contributed by atoms with van der Waals surface area (Å²) >= 11 is 0. The maximum Gasteiger partial charge on any atom is 0.270 e. The minimum absolute atomic E-state index is 0.0988. The Morgan fingerprint density at radius 1 is 0.774 bits per heavy atom. The van der Waals surface area contributed by atoms with Gasteiger partial charge in [-0.15, -0.1) is 0 Å². The summed E-state index contributed by atoms with van der Waals surface area (Å²) < 4.78 is 12.3. The molecule has 0 aliphatic rings. The first kappa shape index (κ1) is 20.4. The number of nitrogens with zero attached hydrogens (tertiary/aromatic N) is 2. The van der Waals surface area contributed by atoms with Gasteiger partial charge in [-0.25, -0.2) is 4.68 Å². The molecule has 0 spiro atoms. The number of aromatic nitrogens is 2. The second-order valence-corrected chi connectivity index (χ2v) is 7.24. The molecule has 1 aromatic heterocycles. The van der Waals surface area contributed by atoms with Crippen LogP contribution in [0.5, 0.6) is 11.5 Å². The maximum absolute atomic E-state index is 13.3. The van der Waals surface area contributed by atoms with Crippen LogP contribution in [-0.4, -0.2) is 24.0 Å². The third-order valence-corrected chi connectivity index (χ3v) is 5.14. The molecule has 4 aromatic rings. The fourth-order valence-electron chi connectivity index (χ4n) is 3.55. The van der Waals surface area contributed by atoms with E-state index in [9.17, 15) is 4.79 Å². The molecule has 0 unspecified atom stereocenters. The van der Waals surface area contributed by atoms with Crippen LogP contribution in [0, 0.1) is 0 Å². The molecule has 156 valence electrons. The Hall–Kier alpha value is -3.86. The number of hydrogen-bond donors (Lipinski definition) is 0. The molecule has 0 atom stereocenters. The molecule has 3 aromatic carbocycles. The summed E-state index contributed by atoms with van der Waals surface area (Å²) in [4.78, 5) is 13.3. The van der Waals surface area contributed by atoms with Gasteiger partial charge in [0.2, 0.25) is 0 Å². The lowest BCUT2D eigenvalue weighted by Gasteiger charge is -2.13. The van der Waals surface area contributed by atoms with Gasteiger partial charge in [-0.05, 0) is 29.3 Å². The monoisotopic (exact) mass is 412 g/mol. The summed E-state index contributed by atoms with van der Waals surface area (Å²) in [6.45, 7) is 0.416. The standard InChI is InChI=1S/C26H24N2O3/c1-30-24-14-13-20(16-25(24)31-2)15-22-17-23(21-11-7-4-8-12-21)27-28(26(22)29)18-19-9-5-3-6-10-19/h3-14,16-17H,15,18H2,1-2H3. The van der Waals surface area contributed by atoms with Gasteiger partial charge in [0, 0.05) is 17.5 Å². The number of rotatable bonds is 7. The Labute approximate surface area is 181 Å². The lowest BCUT2D eigenvalue weighted by atomic mass is 10.0. The van der Waals surface area contributed by atoms with Gasteiger partial charge in [-0.1, -0.05) is 66.7 Å². The van der Waals surface area contributed by atoms with Crippen molar-refractivity contribution in [3.8, 4) is 22.8 Å². The van der Waals surface area contributed by atoms with Gasteiger partial charge >= 0.3 is 0 Å². The fraction of sp³-hybridized carbons (Fsp3) is 0.154. The molecular formula is C26H24N2O3. The van der Waals surface area contributed by atoms with E-state index < -0.39 is 0 Å². The van der Waals surface area contributed by atoms with Crippen molar-refractivity contribution in [3.63, 3.8) is 0 Å². The second kappa shape index (κ2) is 9.30. The number of ether oxygens (including phenoxy) is 2. The van der Waals surface area contributed by atoms with Gasteiger partial charge < -0.3 is 9.47 Å². The Balaban J connectivity index is 1.77. The number of hydrogen-bond acceptors (Lipinski definition) is 4. The number of methoxy groups -OCH3 is 2. The van der Waals surface area contributed by atoms with Gasteiger partial charge in [0.25, 0.3) is 5.56 Å². The highest BCUT2D eigenvalue weighted by Gasteiger charge is 2.13. The van der Waals surface area contributed by atoms with E-state index in [1.807, 2.05) is 84.9 Å². The minimum Gasteiger partial charge on any atom is -0.493 e. The van der Waals surface area contributed by atoms with Crippen LogP contribution in [0.1, 0.15) is 16.7 Å². The zero-order valence-corrected chi connectivity index (χ0v) is 17.6. The summed E-state index contributed by atoms with van der Waals surface area (Å²) in [6, 6.07) is 27.4. The zero-order chi connectivity index (χ0) is 21.6. The number of benzene rings is 3. The van der Waals surface area contributed by atoms with Gasteiger partial charge in [-0.3, -0.25) is 4.79 Å². The van der Waals surface area contributed by atoms with Crippen molar-refractivity contribution in [2.75, 3.05) is 14.2 Å². The third kappa shape index (κ3) is 4.67. The normalized spacial score (nSPS) is 10.6. The topological polar surface area (TPSA) is 53.4 Å². The first-order valence-corrected chi connectivity index (χ1v) is 10.1. The molecule has 0 bridgehead atoms. The molecule has 5 heteroatoms. The Kier molecular flexibility index (Phi) is 6.13. The molecule has 0 saturated heterocycles. The average molecular weight is 412 g/mol. The zero-order valence-electron chi connectivity index (χ0n) is 17.6. The van der Waals surface area contributed by atoms with Crippen molar-refractivity contribution in [3.05, 3.63) is 112 Å². The molecule has 31 heavy (non-hydrogen) atoms. The molecule has 0 amide bonds. The molecule has 0 fully saturated rings. The lowest BCUT2D eigenvalue weighted by molar-refractivity contribution is 0.354. The van der Waals surface area contributed by atoms with Crippen molar-refractivity contribution >= 4 is 0 Å². The Morgan fingerprint density at radius 2 is 1.45 bits per heavy atom. The van der Waals surface area contributed by atoms with Crippen molar-refractivity contribution < 1.29 is 9.47 Å². The Bertz CT molecular complexity index is 1220. The van der Waals surface area contributed by atoms with Gasteiger partial charge in [-0.2, -0.15) is 5.10 Å². The molecule has 1 heterocycles.